The van der Waals surface area contributed by atoms with Crippen molar-refractivity contribution in [1.29, 1.82) is 0 Å². The summed E-state index contributed by atoms with van der Waals surface area (Å²) in [6.45, 7) is 0. The summed E-state index contributed by atoms with van der Waals surface area (Å²) >= 11 is 5.84. The van der Waals surface area contributed by atoms with E-state index < -0.39 is 0 Å². The van der Waals surface area contributed by atoms with Crippen LogP contribution >= 0.6 is 11.6 Å². The summed E-state index contributed by atoms with van der Waals surface area (Å²) in [6.07, 6.45) is 3.51. The van der Waals surface area contributed by atoms with Crippen LogP contribution in [-0.2, 0) is 12.8 Å². The number of rotatable bonds is 2. The fraction of sp³-hybridized carbons (Fsp3) is 0.214. The Kier molecular flexibility index (Phi) is 2.84. The summed E-state index contributed by atoms with van der Waals surface area (Å²) < 4.78 is 5.69. The first kappa shape index (κ1) is 11.4. The Bertz CT molecular complexity index is 578. The number of halogens is 1. The van der Waals surface area contributed by atoms with Crippen molar-refractivity contribution in [2.75, 3.05) is 5.73 Å². The molecule has 0 spiro atoms. The molecule has 0 aliphatic heterocycles. The molecule has 1 aliphatic rings. The molecular formula is C14H13ClN2O. The number of hydrogen-bond donors (Lipinski definition) is 1. The molecular weight excluding hydrogens is 248 g/mol. The highest BCUT2D eigenvalue weighted by Gasteiger charge is 2.12. The average molecular weight is 261 g/mol. The predicted molar refractivity (Wildman–Crippen MR) is 72.2 cm³/mol. The molecule has 1 aromatic heterocycles. The number of benzene rings is 1. The summed E-state index contributed by atoms with van der Waals surface area (Å²) in [7, 11) is 0. The zero-order valence-corrected chi connectivity index (χ0v) is 10.6. The summed E-state index contributed by atoms with van der Waals surface area (Å²) in [4.78, 5) is 4.09. The Morgan fingerprint density at radius 1 is 1.11 bits per heavy atom. The van der Waals surface area contributed by atoms with Crippen LogP contribution in [-0.4, -0.2) is 4.98 Å². The lowest BCUT2D eigenvalue weighted by Gasteiger charge is -2.07. The first-order chi connectivity index (χ1) is 8.70. The second-order valence-corrected chi connectivity index (χ2v) is 4.83. The maximum atomic E-state index is 5.84. The van der Waals surface area contributed by atoms with E-state index >= 15 is 0 Å². The third-order valence-corrected chi connectivity index (χ3v) is 3.28. The fourth-order valence-electron chi connectivity index (χ4n) is 2.28. The number of pyridine rings is 1. The van der Waals surface area contributed by atoms with E-state index in [-0.39, 0.29) is 0 Å². The molecule has 0 saturated heterocycles. The summed E-state index contributed by atoms with van der Waals surface area (Å²) in [5, 5.41) is 0.339. The van der Waals surface area contributed by atoms with Gasteiger partial charge in [0.05, 0.1) is 0 Å². The molecule has 0 radical (unpaired) electrons. The smallest absolute Gasteiger partial charge is 0.222 e. The lowest BCUT2D eigenvalue weighted by atomic mass is 10.1. The van der Waals surface area contributed by atoms with Crippen molar-refractivity contribution in [3.8, 4) is 11.6 Å². The quantitative estimate of drug-likeness (QED) is 0.840. The van der Waals surface area contributed by atoms with E-state index in [9.17, 15) is 0 Å². The molecule has 0 amide bonds. The van der Waals surface area contributed by atoms with Crippen LogP contribution in [0.4, 0.5) is 5.69 Å². The van der Waals surface area contributed by atoms with E-state index in [0.29, 0.717) is 16.7 Å². The van der Waals surface area contributed by atoms with Crippen LogP contribution in [0.2, 0.25) is 5.15 Å². The monoisotopic (exact) mass is 260 g/mol. The molecule has 1 aliphatic carbocycles. The number of anilines is 1. The highest BCUT2D eigenvalue weighted by molar-refractivity contribution is 6.29. The molecule has 2 aromatic rings. The number of aromatic nitrogens is 1. The maximum Gasteiger partial charge on any atom is 0.222 e. The van der Waals surface area contributed by atoms with E-state index in [2.05, 4.69) is 17.1 Å². The largest absolute Gasteiger partial charge is 0.439 e. The normalized spacial score (nSPS) is 13.4. The summed E-state index contributed by atoms with van der Waals surface area (Å²) in [5.41, 5.74) is 9.03. The molecule has 1 aromatic carbocycles. The van der Waals surface area contributed by atoms with Gasteiger partial charge >= 0.3 is 0 Å². The van der Waals surface area contributed by atoms with Gasteiger partial charge in [-0.15, -0.1) is 0 Å². The molecule has 0 unspecified atom stereocenters. The molecule has 0 bridgehead atoms. The lowest BCUT2D eigenvalue weighted by molar-refractivity contribution is 0.463. The number of hydrogen-bond acceptors (Lipinski definition) is 3. The van der Waals surface area contributed by atoms with Gasteiger partial charge in [0.1, 0.15) is 10.9 Å². The first-order valence-corrected chi connectivity index (χ1v) is 6.31. The van der Waals surface area contributed by atoms with E-state index in [4.69, 9.17) is 22.1 Å². The average Bonchev–Trinajstić information content (AvgIpc) is 2.74. The molecule has 92 valence electrons. The van der Waals surface area contributed by atoms with Gasteiger partial charge in [0, 0.05) is 11.8 Å². The molecule has 3 nitrogen and oxygen atoms in total. The SMILES string of the molecule is Nc1cc(Cl)nc(Oc2ccc3c(c2)CCC3)c1. The third-order valence-electron chi connectivity index (χ3n) is 3.09. The van der Waals surface area contributed by atoms with Crippen molar-refractivity contribution in [3.05, 3.63) is 46.6 Å². The van der Waals surface area contributed by atoms with Gasteiger partial charge in [0.15, 0.2) is 0 Å². The van der Waals surface area contributed by atoms with Crippen LogP contribution in [0.25, 0.3) is 0 Å². The van der Waals surface area contributed by atoms with E-state index in [1.165, 1.54) is 17.5 Å². The van der Waals surface area contributed by atoms with Crippen LogP contribution in [0.15, 0.2) is 30.3 Å². The van der Waals surface area contributed by atoms with E-state index in [1.54, 1.807) is 12.1 Å². The Balaban J connectivity index is 1.88. The first-order valence-electron chi connectivity index (χ1n) is 5.93. The van der Waals surface area contributed by atoms with Crippen LogP contribution < -0.4 is 10.5 Å². The minimum Gasteiger partial charge on any atom is -0.439 e. The van der Waals surface area contributed by atoms with Crippen LogP contribution in [0.1, 0.15) is 17.5 Å². The Morgan fingerprint density at radius 3 is 2.78 bits per heavy atom. The van der Waals surface area contributed by atoms with Crippen LogP contribution in [0, 0.1) is 0 Å². The van der Waals surface area contributed by atoms with Crippen molar-refractivity contribution < 1.29 is 4.74 Å². The summed E-state index contributed by atoms with van der Waals surface area (Å²) in [6, 6.07) is 9.41. The minimum absolute atomic E-state index is 0.339. The highest BCUT2D eigenvalue weighted by Crippen LogP contribution is 2.29. The predicted octanol–water partition coefficient (Wildman–Crippen LogP) is 3.60. The van der Waals surface area contributed by atoms with Crippen molar-refractivity contribution in [2.45, 2.75) is 19.3 Å². The summed E-state index contributed by atoms with van der Waals surface area (Å²) in [5.74, 6) is 1.21. The van der Waals surface area contributed by atoms with Gasteiger partial charge in [-0.1, -0.05) is 17.7 Å². The van der Waals surface area contributed by atoms with Gasteiger partial charge in [-0.3, -0.25) is 0 Å². The lowest BCUT2D eigenvalue weighted by Crippen LogP contribution is -1.93. The van der Waals surface area contributed by atoms with Crippen LogP contribution in [0.5, 0.6) is 11.6 Å². The van der Waals surface area contributed by atoms with Gasteiger partial charge in [-0.2, -0.15) is 0 Å². The molecule has 2 N–H and O–H groups in total. The number of aryl methyl sites for hydroxylation is 2. The Hall–Kier alpha value is -1.74. The molecule has 0 fully saturated rings. The number of fused-ring (bicyclic) bond motifs is 1. The van der Waals surface area contributed by atoms with E-state index in [1.807, 2.05) is 6.07 Å². The standard InChI is InChI=1S/C14H13ClN2O/c15-13-7-11(16)8-14(17-13)18-12-5-4-9-2-1-3-10(9)6-12/h4-8H,1-3H2,(H2,16,17). The van der Waals surface area contributed by atoms with Crippen LogP contribution in [0.3, 0.4) is 0 Å². The zero-order valence-electron chi connectivity index (χ0n) is 9.82. The van der Waals surface area contributed by atoms with Crippen molar-refractivity contribution in [1.82, 2.24) is 4.98 Å². The third kappa shape index (κ3) is 2.27. The molecule has 1 heterocycles. The fourth-order valence-corrected chi connectivity index (χ4v) is 2.49. The number of nitrogens with two attached hydrogens (primary N) is 1. The van der Waals surface area contributed by atoms with Crippen molar-refractivity contribution >= 4 is 17.3 Å². The van der Waals surface area contributed by atoms with Crippen molar-refractivity contribution in [2.24, 2.45) is 0 Å². The maximum absolute atomic E-state index is 5.84. The topological polar surface area (TPSA) is 48.1 Å². The van der Waals surface area contributed by atoms with Gasteiger partial charge in [-0.25, -0.2) is 4.98 Å². The number of nitrogen functional groups attached to an aromatic ring is 1. The van der Waals surface area contributed by atoms with Gasteiger partial charge in [0.25, 0.3) is 0 Å². The van der Waals surface area contributed by atoms with Crippen molar-refractivity contribution in [3.63, 3.8) is 0 Å². The Labute approximate surface area is 111 Å². The van der Waals surface area contributed by atoms with Gasteiger partial charge in [-0.05, 0) is 48.6 Å². The number of ether oxygens (including phenoxy) is 1. The molecule has 18 heavy (non-hydrogen) atoms. The van der Waals surface area contributed by atoms with E-state index in [0.717, 1.165) is 18.6 Å². The minimum atomic E-state index is 0.339. The Morgan fingerprint density at radius 2 is 1.94 bits per heavy atom. The molecule has 3 rings (SSSR count). The molecule has 0 saturated carbocycles. The molecule has 4 heteroatoms. The second kappa shape index (κ2) is 4.50. The highest BCUT2D eigenvalue weighted by atomic mass is 35.5. The second-order valence-electron chi connectivity index (χ2n) is 4.45. The van der Waals surface area contributed by atoms with Gasteiger partial charge in [0.2, 0.25) is 5.88 Å². The zero-order chi connectivity index (χ0) is 12.5. The van der Waals surface area contributed by atoms with Gasteiger partial charge < -0.3 is 10.5 Å². The number of nitrogens with zero attached hydrogens (tertiary/aromatic N) is 1. The molecule has 0 atom stereocenters.